The van der Waals surface area contributed by atoms with Gasteiger partial charge in [0, 0.05) is 6.42 Å². The molecule has 2 aliphatic heterocycles. The van der Waals surface area contributed by atoms with Crippen molar-refractivity contribution in [3.05, 3.63) is 11.5 Å². The van der Waals surface area contributed by atoms with Crippen LogP contribution >= 0.6 is 11.8 Å². The molecule has 1 spiro atoms. The molecule has 0 saturated carbocycles. The summed E-state index contributed by atoms with van der Waals surface area (Å²) in [6.45, 7) is 1.52. The van der Waals surface area contributed by atoms with Crippen LogP contribution in [0.4, 0.5) is 0 Å². The van der Waals surface area contributed by atoms with Gasteiger partial charge >= 0.3 is 0 Å². The molecule has 0 bridgehead atoms. The third-order valence-corrected chi connectivity index (χ3v) is 2.73. The van der Waals surface area contributed by atoms with Gasteiger partial charge in [0.25, 0.3) is 0 Å². The number of rotatable bonds is 0. The molecule has 1 saturated heterocycles. The quantitative estimate of drug-likeness (QED) is 0.530. The Labute approximate surface area is 64.6 Å². The molecular weight excluding hydrogens is 148 g/mol. The minimum atomic E-state index is -0.251. The maximum absolute atomic E-state index is 5.49. The van der Waals surface area contributed by atoms with Crippen LogP contribution in [-0.2, 0) is 9.47 Å². The van der Waals surface area contributed by atoms with Crippen LogP contribution in [0.15, 0.2) is 11.5 Å². The summed E-state index contributed by atoms with van der Waals surface area (Å²) in [5, 5.41) is 2.11. The van der Waals surface area contributed by atoms with Crippen molar-refractivity contribution < 1.29 is 9.47 Å². The number of hydrogen-bond acceptors (Lipinski definition) is 3. The molecule has 0 N–H and O–H groups in total. The molecule has 0 aromatic rings. The van der Waals surface area contributed by atoms with Crippen LogP contribution in [0.5, 0.6) is 0 Å². The van der Waals surface area contributed by atoms with Crippen LogP contribution in [0.3, 0.4) is 0 Å². The zero-order valence-electron chi connectivity index (χ0n) is 5.71. The van der Waals surface area contributed by atoms with Crippen molar-refractivity contribution in [3.8, 4) is 0 Å². The van der Waals surface area contributed by atoms with Gasteiger partial charge in [-0.2, -0.15) is 0 Å². The molecule has 0 aliphatic carbocycles. The molecule has 56 valence electrons. The van der Waals surface area contributed by atoms with Crippen molar-refractivity contribution in [2.24, 2.45) is 0 Å². The highest BCUT2D eigenvalue weighted by Gasteiger charge is 2.36. The van der Waals surface area contributed by atoms with E-state index >= 15 is 0 Å². The summed E-state index contributed by atoms with van der Waals surface area (Å²) in [7, 11) is 0. The lowest BCUT2D eigenvalue weighted by Crippen LogP contribution is -2.33. The van der Waals surface area contributed by atoms with Gasteiger partial charge in [-0.15, -0.1) is 11.8 Å². The summed E-state index contributed by atoms with van der Waals surface area (Å²) in [6, 6.07) is 0. The molecule has 2 heterocycles. The number of ether oxygens (including phenoxy) is 2. The highest BCUT2D eigenvalue weighted by Crippen LogP contribution is 2.32. The Morgan fingerprint density at radius 2 is 2.10 bits per heavy atom. The maximum atomic E-state index is 5.49. The summed E-state index contributed by atoms with van der Waals surface area (Å²) in [5.41, 5.74) is 0. The molecule has 3 heteroatoms. The predicted octanol–water partition coefficient (Wildman–Crippen LogP) is 1.38. The fourth-order valence-corrected chi connectivity index (χ4v) is 2.09. The monoisotopic (exact) mass is 158 g/mol. The molecule has 1 fully saturated rings. The van der Waals surface area contributed by atoms with Gasteiger partial charge in [-0.3, -0.25) is 0 Å². The Bertz CT molecular complexity index is 150. The van der Waals surface area contributed by atoms with Crippen molar-refractivity contribution in [1.29, 1.82) is 0 Å². The summed E-state index contributed by atoms with van der Waals surface area (Å²) in [4.78, 5) is 0. The molecule has 0 aromatic carbocycles. The highest BCUT2D eigenvalue weighted by molar-refractivity contribution is 8.02. The fraction of sp³-hybridized carbons (Fsp3) is 0.714. The SMILES string of the molecule is C1=CSCC2(C1)OCCO2. The lowest BCUT2D eigenvalue weighted by molar-refractivity contribution is -0.134. The van der Waals surface area contributed by atoms with E-state index in [-0.39, 0.29) is 5.79 Å². The summed E-state index contributed by atoms with van der Waals surface area (Å²) >= 11 is 1.76. The first-order valence-electron chi connectivity index (χ1n) is 3.46. The highest BCUT2D eigenvalue weighted by atomic mass is 32.2. The Morgan fingerprint density at radius 1 is 1.30 bits per heavy atom. The average Bonchev–Trinajstić information content (AvgIpc) is 2.39. The van der Waals surface area contributed by atoms with Crippen molar-refractivity contribution in [1.82, 2.24) is 0 Å². The van der Waals surface area contributed by atoms with E-state index in [0.717, 1.165) is 25.4 Å². The van der Waals surface area contributed by atoms with E-state index in [2.05, 4.69) is 11.5 Å². The average molecular weight is 158 g/mol. The van der Waals surface area contributed by atoms with E-state index in [9.17, 15) is 0 Å². The van der Waals surface area contributed by atoms with E-state index in [1.807, 2.05) is 0 Å². The van der Waals surface area contributed by atoms with Crippen LogP contribution < -0.4 is 0 Å². The second-order valence-corrected chi connectivity index (χ2v) is 3.39. The second kappa shape index (κ2) is 2.57. The van der Waals surface area contributed by atoms with Crippen LogP contribution in [0.2, 0.25) is 0 Å². The lowest BCUT2D eigenvalue weighted by atomic mass is 10.2. The zero-order chi connectivity index (χ0) is 6.86. The molecule has 10 heavy (non-hydrogen) atoms. The molecule has 0 atom stereocenters. The van der Waals surface area contributed by atoms with Crippen molar-refractivity contribution in [2.45, 2.75) is 12.2 Å². The smallest absolute Gasteiger partial charge is 0.181 e. The molecule has 2 aliphatic rings. The zero-order valence-corrected chi connectivity index (χ0v) is 6.52. The normalized spacial score (nSPS) is 29.6. The molecule has 0 amide bonds. The predicted molar refractivity (Wildman–Crippen MR) is 40.9 cm³/mol. The summed E-state index contributed by atoms with van der Waals surface area (Å²) in [5.74, 6) is 0.697. The minimum absolute atomic E-state index is 0.251. The number of hydrogen-bond donors (Lipinski definition) is 0. The van der Waals surface area contributed by atoms with Crippen molar-refractivity contribution in [3.63, 3.8) is 0 Å². The van der Waals surface area contributed by atoms with E-state index in [1.54, 1.807) is 11.8 Å². The Balaban J connectivity index is 2.06. The largest absolute Gasteiger partial charge is 0.346 e. The first-order chi connectivity index (χ1) is 4.91. The second-order valence-electron chi connectivity index (χ2n) is 2.49. The maximum Gasteiger partial charge on any atom is 0.181 e. The first kappa shape index (κ1) is 6.70. The van der Waals surface area contributed by atoms with Gasteiger partial charge in [-0.25, -0.2) is 0 Å². The van der Waals surface area contributed by atoms with E-state index in [4.69, 9.17) is 9.47 Å². The van der Waals surface area contributed by atoms with Crippen LogP contribution in [0.25, 0.3) is 0 Å². The van der Waals surface area contributed by atoms with Gasteiger partial charge in [0.2, 0.25) is 0 Å². The Morgan fingerprint density at radius 3 is 2.70 bits per heavy atom. The van der Waals surface area contributed by atoms with Gasteiger partial charge in [0.15, 0.2) is 5.79 Å². The number of thioether (sulfide) groups is 1. The van der Waals surface area contributed by atoms with Crippen LogP contribution in [-0.4, -0.2) is 24.8 Å². The van der Waals surface area contributed by atoms with E-state index in [0.29, 0.717) is 0 Å². The van der Waals surface area contributed by atoms with E-state index in [1.165, 1.54) is 0 Å². The summed E-state index contributed by atoms with van der Waals surface area (Å²) < 4.78 is 11.0. The van der Waals surface area contributed by atoms with Crippen LogP contribution in [0, 0.1) is 0 Å². The van der Waals surface area contributed by atoms with Gasteiger partial charge in [0.05, 0.1) is 19.0 Å². The molecule has 0 aromatic heterocycles. The molecule has 2 rings (SSSR count). The van der Waals surface area contributed by atoms with Gasteiger partial charge in [0.1, 0.15) is 0 Å². The van der Waals surface area contributed by atoms with Gasteiger partial charge in [-0.05, 0) is 5.41 Å². The summed E-state index contributed by atoms with van der Waals surface area (Å²) in [6.07, 6.45) is 3.03. The third-order valence-electron chi connectivity index (χ3n) is 1.74. The first-order valence-corrected chi connectivity index (χ1v) is 4.51. The standard InChI is InChI=1S/C7H10O2S/c1-2-7(6-10-5-1)8-3-4-9-7/h1,5H,2-4,6H2. The Hall–Kier alpha value is 0.01000. The molecule has 0 radical (unpaired) electrons. The van der Waals surface area contributed by atoms with Gasteiger partial charge in [-0.1, -0.05) is 6.08 Å². The van der Waals surface area contributed by atoms with E-state index < -0.39 is 0 Å². The lowest BCUT2D eigenvalue weighted by Gasteiger charge is -2.27. The molecule has 2 nitrogen and oxygen atoms in total. The fourth-order valence-electron chi connectivity index (χ4n) is 1.23. The molecular formula is C7H10O2S. The van der Waals surface area contributed by atoms with Crippen molar-refractivity contribution >= 4 is 11.8 Å². The molecule has 0 unspecified atom stereocenters. The Kier molecular flexibility index (Phi) is 1.72. The van der Waals surface area contributed by atoms with Crippen molar-refractivity contribution in [2.75, 3.05) is 19.0 Å². The van der Waals surface area contributed by atoms with Gasteiger partial charge < -0.3 is 9.47 Å². The minimum Gasteiger partial charge on any atom is -0.346 e. The topological polar surface area (TPSA) is 18.5 Å². The third kappa shape index (κ3) is 1.09. The van der Waals surface area contributed by atoms with Crippen LogP contribution in [0.1, 0.15) is 6.42 Å².